The van der Waals surface area contributed by atoms with E-state index in [-0.39, 0.29) is 11.7 Å². The fraction of sp³-hybridized carbons (Fsp3) is 0.368. The van der Waals surface area contributed by atoms with E-state index in [4.69, 9.17) is 12.2 Å². The van der Waals surface area contributed by atoms with Crippen LogP contribution in [-0.4, -0.2) is 17.1 Å². The molecule has 26 heavy (non-hydrogen) atoms. The van der Waals surface area contributed by atoms with E-state index in [1.54, 1.807) is 18.2 Å². The zero-order chi connectivity index (χ0) is 18.5. The molecule has 3 rings (SSSR count). The summed E-state index contributed by atoms with van der Waals surface area (Å²) in [6.07, 6.45) is 4.78. The van der Waals surface area contributed by atoms with Crippen LogP contribution in [-0.2, 0) is 0 Å². The Labute approximate surface area is 162 Å². The lowest BCUT2D eigenvalue weighted by Gasteiger charge is -2.30. The molecule has 2 atom stereocenters. The number of rotatable bonds is 3. The highest BCUT2D eigenvalue weighted by atomic mass is 32.1. The SMILES string of the molecule is C[C@H]1CCCC[C@H]1NC(=S)NNC(=O)c1ccc(-c2ccc(F)cc2)s1. The highest BCUT2D eigenvalue weighted by Gasteiger charge is 2.21. The lowest BCUT2D eigenvalue weighted by Crippen LogP contribution is -2.51. The Bertz CT molecular complexity index is 775. The fourth-order valence-electron chi connectivity index (χ4n) is 3.14. The van der Waals surface area contributed by atoms with Gasteiger partial charge in [-0.1, -0.05) is 31.9 Å². The minimum Gasteiger partial charge on any atom is -0.358 e. The van der Waals surface area contributed by atoms with Crippen LogP contribution in [0.3, 0.4) is 0 Å². The lowest BCUT2D eigenvalue weighted by atomic mass is 9.86. The van der Waals surface area contributed by atoms with E-state index in [0.717, 1.165) is 16.9 Å². The van der Waals surface area contributed by atoms with Gasteiger partial charge in [-0.25, -0.2) is 4.39 Å². The molecule has 1 amide bonds. The molecule has 0 spiro atoms. The number of hydrazine groups is 1. The first kappa shape index (κ1) is 18.8. The van der Waals surface area contributed by atoms with Gasteiger partial charge in [-0.3, -0.25) is 15.6 Å². The Balaban J connectivity index is 1.52. The number of halogens is 1. The molecular formula is C19H22FN3OS2. The van der Waals surface area contributed by atoms with Gasteiger partial charge in [0.2, 0.25) is 0 Å². The van der Waals surface area contributed by atoms with Crippen molar-refractivity contribution in [3.05, 3.63) is 47.1 Å². The maximum absolute atomic E-state index is 13.0. The Kier molecular flexibility index (Phi) is 6.21. The summed E-state index contributed by atoms with van der Waals surface area (Å²) < 4.78 is 13.0. The first-order chi connectivity index (χ1) is 12.5. The number of amides is 1. The maximum atomic E-state index is 13.0. The molecule has 138 valence electrons. The van der Waals surface area contributed by atoms with Crippen molar-refractivity contribution in [3.8, 4) is 10.4 Å². The van der Waals surface area contributed by atoms with E-state index < -0.39 is 0 Å². The van der Waals surface area contributed by atoms with Crippen molar-refractivity contribution in [1.82, 2.24) is 16.2 Å². The third-order valence-corrected chi connectivity index (χ3v) is 6.03. The number of nitrogens with one attached hydrogen (secondary N) is 3. The summed E-state index contributed by atoms with van der Waals surface area (Å²) in [5.41, 5.74) is 6.30. The summed E-state index contributed by atoms with van der Waals surface area (Å²) >= 11 is 6.63. The average molecular weight is 392 g/mol. The molecule has 0 aliphatic heterocycles. The van der Waals surface area contributed by atoms with Gasteiger partial charge in [0.1, 0.15) is 5.82 Å². The van der Waals surface area contributed by atoms with Gasteiger partial charge >= 0.3 is 0 Å². The summed E-state index contributed by atoms with van der Waals surface area (Å²) in [6.45, 7) is 2.22. The van der Waals surface area contributed by atoms with Crippen molar-refractivity contribution in [1.29, 1.82) is 0 Å². The van der Waals surface area contributed by atoms with E-state index in [9.17, 15) is 9.18 Å². The molecule has 3 N–H and O–H groups in total. The minimum atomic E-state index is -0.277. The first-order valence-corrected chi connectivity index (χ1v) is 9.98. The first-order valence-electron chi connectivity index (χ1n) is 8.75. The summed E-state index contributed by atoms with van der Waals surface area (Å²) in [7, 11) is 0. The number of hydrogen-bond donors (Lipinski definition) is 3. The topological polar surface area (TPSA) is 53.2 Å². The number of thiophene rings is 1. The molecule has 0 radical (unpaired) electrons. The summed E-state index contributed by atoms with van der Waals surface area (Å²) in [6, 6.07) is 10.2. The molecule has 4 nitrogen and oxygen atoms in total. The molecule has 2 aromatic rings. The molecule has 0 saturated heterocycles. The third kappa shape index (κ3) is 4.80. The molecule has 1 fully saturated rings. The van der Waals surface area contributed by atoms with Crippen molar-refractivity contribution >= 4 is 34.6 Å². The van der Waals surface area contributed by atoms with Crippen molar-refractivity contribution in [2.75, 3.05) is 0 Å². The Hall–Kier alpha value is -1.99. The quantitative estimate of drug-likeness (QED) is 0.541. The second-order valence-electron chi connectivity index (χ2n) is 6.59. The molecular weight excluding hydrogens is 369 g/mol. The lowest BCUT2D eigenvalue weighted by molar-refractivity contribution is 0.0947. The van der Waals surface area contributed by atoms with Gasteiger partial charge in [-0.15, -0.1) is 11.3 Å². The minimum absolute atomic E-state index is 0.246. The summed E-state index contributed by atoms with van der Waals surface area (Å²) in [5, 5.41) is 3.72. The van der Waals surface area contributed by atoms with Crippen LogP contribution in [0.5, 0.6) is 0 Å². The van der Waals surface area contributed by atoms with E-state index >= 15 is 0 Å². The highest BCUT2D eigenvalue weighted by Crippen LogP contribution is 2.28. The fourth-order valence-corrected chi connectivity index (χ4v) is 4.25. The van der Waals surface area contributed by atoms with Crippen molar-refractivity contribution in [2.24, 2.45) is 5.92 Å². The van der Waals surface area contributed by atoms with Crippen LogP contribution in [0.1, 0.15) is 42.3 Å². The molecule has 0 bridgehead atoms. The predicted octanol–water partition coefficient (Wildman–Crippen LogP) is 4.24. The van der Waals surface area contributed by atoms with Gasteiger partial charge in [-0.05, 0) is 60.8 Å². The number of thiocarbonyl (C=S) groups is 1. The van der Waals surface area contributed by atoms with E-state index in [0.29, 0.717) is 21.9 Å². The van der Waals surface area contributed by atoms with Crippen molar-refractivity contribution in [2.45, 2.75) is 38.6 Å². The zero-order valence-electron chi connectivity index (χ0n) is 14.5. The predicted molar refractivity (Wildman–Crippen MR) is 107 cm³/mol. The number of benzene rings is 1. The van der Waals surface area contributed by atoms with Gasteiger partial charge in [0.15, 0.2) is 5.11 Å². The Morgan fingerprint density at radius 2 is 1.85 bits per heavy atom. The molecule has 1 aliphatic rings. The van der Waals surface area contributed by atoms with Gasteiger partial charge in [0, 0.05) is 10.9 Å². The third-order valence-electron chi connectivity index (χ3n) is 4.68. The largest absolute Gasteiger partial charge is 0.358 e. The molecule has 1 aliphatic carbocycles. The van der Waals surface area contributed by atoms with Crippen LogP contribution in [0.15, 0.2) is 36.4 Å². The van der Waals surface area contributed by atoms with E-state index in [1.165, 1.54) is 42.7 Å². The van der Waals surface area contributed by atoms with Crippen LogP contribution in [0.4, 0.5) is 4.39 Å². The van der Waals surface area contributed by atoms with Gasteiger partial charge < -0.3 is 5.32 Å². The number of carbonyl (C=O) groups is 1. The van der Waals surface area contributed by atoms with Crippen LogP contribution >= 0.6 is 23.6 Å². The van der Waals surface area contributed by atoms with Crippen LogP contribution in [0.2, 0.25) is 0 Å². The van der Waals surface area contributed by atoms with E-state index in [2.05, 4.69) is 23.1 Å². The standard InChI is InChI=1S/C19H22FN3OS2/c1-12-4-2-3-5-15(12)21-19(25)23-22-18(24)17-11-10-16(26-17)13-6-8-14(20)9-7-13/h6-12,15H,2-5H2,1H3,(H,22,24)(H2,21,23,25)/t12-,15+/m0/s1. The maximum Gasteiger partial charge on any atom is 0.279 e. The average Bonchev–Trinajstić information content (AvgIpc) is 3.12. The summed E-state index contributed by atoms with van der Waals surface area (Å²) in [5.74, 6) is 0.0553. The van der Waals surface area contributed by atoms with Crippen LogP contribution in [0.25, 0.3) is 10.4 Å². The highest BCUT2D eigenvalue weighted by molar-refractivity contribution is 7.80. The molecule has 1 aromatic carbocycles. The molecule has 1 heterocycles. The van der Waals surface area contributed by atoms with Crippen molar-refractivity contribution < 1.29 is 9.18 Å². The molecule has 0 unspecified atom stereocenters. The van der Waals surface area contributed by atoms with Crippen molar-refractivity contribution in [3.63, 3.8) is 0 Å². The molecule has 7 heteroatoms. The van der Waals surface area contributed by atoms with Gasteiger partial charge in [-0.2, -0.15) is 0 Å². The Morgan fingerprint density at radius 3 is 2.58 bits per heavy atom. The van der Waals surface area contributed by atoms with Crippen LogP contribution < -0.4 is 16.2 Å². The van der Waals surface area contributed by atoms with Gasteiger partial charge in [0.25, 0.3) is 5.91 Å². The normalized spacial score (nSPS) is 19.6. The molecule has 1 saturated carbocycles. The molecule has 1 aromatic heterocycles. The summed E-state index contributed by atoms with van der Waals surface area (Å²) in [4.78, 5) is 13.8. The smallest absolute Gasteiger partial charge is 0.279 e. The van der Waals surface area contributed by atoms with Gasteiger partial charge in [0.05, 0.1) is 4.88 Å². The van der Waals surface area contributed by atoms with Crippen LogP contribution in [0, 0.1) is 11.7 Å². The number of hydrogen-bond acceptors (Lipinski definition) is 3. The second-order valence-corrected chi connectivity index (χ2v) is 8.08. The monoisotopic (exact) mass is 391 g/mol. The number of carbonyl (C=O) groups excluding carboxylic acids is 1. The van der Waals surface area contributed by atoms with E-state index in [1.807, 2.05) is 6.07 Å². The zero-order valence-corrected chi connectivity index (χ0v) is 16.2. The Morgan fingerprint density at radius 1 is 1.12 bits per heavy atom. The second kappa shape index (κ2) is 8.60.